The van der Waals surface area contributed by atoms with E-state index >= 15 is 0 Å². The Hall–Kier alpha value is -2.81. The second-order valence-electron chi connectivity index (χ2n) is 14.8. The van der Waals surface area contributed by atoms with E-state index in [-0.39, 0.29) is 11.0 Å². The highest BCUT2D eigenvalue weighted by Crippen LogP contribution is 2.36. The molecule has 0 spiro atoms. The molecular weight excluding hydrogens is 727 g/mol. The van der Waals surface area contributed by atoms with Crippen LogP contribution in [0.4, 0.5) is 5.95 Å². The molecule has 51 heavy (non-hydrogen) atoms. The number of piperidine rings is 1. The number of aromatic nitrogens is 3. The number of carbonyl (C=O) groups excluding carboxylic acids is 1. The van der Waals surface area contributed by atoms with Crippen LogP contribution >= 0.6 is 23.2 Å². The van der Waals surface area contributed by atoms with Gasteiger partial charge in [-0.25, -0.2) is 23.5 Å². The van der Waals surface area contributed by atoms with Crippen LogP contribution in [0.2, 0.25) is 28.2 Å². The van der Waals surface area contributed by atoms with Gasteiger partial charge in [-0.3, -0.25) is 9.69 Å². The Balaban J connectivity index is 1.23. The normalized spacial score (nSPS) is 17.3. The maximum absolute atomic E-state index is 13.4. The smallest absolute Gasteiger partial charge is 0.305 e. The lowest BCUT2D eigenvalue weighted by atomic mass is 9.93. The lowest BCUT2D eigenvalue weighted by Crippen LogP contribution is -2.42. The van der Waals surface area contributed by atoms with Crippen LogP contribution in [-0.2, 0) is 30.2 Å². The second-order valence-corrected chi connectivity index (χ2v) is 23.1. The molecule has 11 nitrogen and oxygen atoms in total. The number of anilines is 1. The molecule has 2 saturated heterocycles. The molecule has 0 atom stereocenters. The number of carbonyl (C=O) groups is 1. The molecule has 278 valence electrons. The summed E-state index contributed by atoms with van der Waals surface area (Å²) < 4.78 is 35.3. The highest BCUT2D eigenvalue weighted by Gasteiger charge is 2.37. The molecule has 0 unspecified atom stereocenters. The van der Waals surface area contributed by atoms with E-state index in [4.69, 9.17) is 42.1 Å². The number of hydrogen-bond acceptors (Lipinski definition) is 11. The van der Waals surface area contributed by atoms with Crippen molar-refractivity contribution in [2.45, 2.75) is 64.7 Å². The van der Waals surface area contributed by atoms with Crippen molar-refractivity contribution in [2.24, 2.45) is 10.3 Å². The van der Waals surface area contributed by atoms with Crippen molar-refractivity contribution in [1.29, 1.82) is 0 Å². The highest BCUT2D eigenvalue weighted by molar-refractivity contribution is 7.93. The molecule has 5 rings (SSSR count). The Morgan fingerprint density at radius 1 is 1.00 bits per heavy atom. The molecule has 3 aromatic rings. The first-order chi connectivity index (χ1) is 24.1. The predicted molar refractivity (Wildman–Crippen MR) is 207 cm³/mol. The van der Waals surface area contributed by atoms with Crippen molar-refractivity contribution in [3.8, 4) is 22.9 Å². The van der Waals surface area contributed by atoms with Crippen molar-refractivity contribution in [3.05, 3.63) is 58.3 Å². The fourth-order valence-corrected chi connectivity index (χ4v) is 9.34. The largest absolute Gasteiger partial charge is 0.469 e. The number of rotatable bonds is 12. The maximum atomic E-state index is 13.4. The molecule has 0 amide bonds. The predicted octanol–water partition coefficient (Wildman–Crippen LogP) is 7.72. The number of likely N-dealkylation sites (tertiary alicyclic amines) is 1. The van der Waals surface area contributed by atoms with E-state index in [1.165, 1.54) is 7.11 Å². The third-order valence-electron chi connectivity index (χ3n) is 9.98. The number of halogens is 2. The number of esters is 1. The van der Waals surface area contributed by atoms with Crippen molar-refractivity contribution in [3.63, 3.8) is 0 Å². The van der Waals surface area contributed by atoms with Gasteiger partial charge >= 0.3 is 5.97 Å². The summed E-state index contributed by atoms with van der Waals surface area (Å²) >= 11 is 12.7. The summed E-state index contributed by atoms with van der Waals surface area (Å²) in [5.74, 6) is 2.50. The maximum Gasteiger partial charge on any atom is 0.305 e. The topological polar surface area (TPSA) is 119 Å². The van der Waals surface area contributed by atoms with Gasteiger partial charge in [0.15, 0.2) is 14.1 Å². The number of benzene rings is 1. The minimum absolute atomic E-state index is 0.128. The standard InChI is InChI=1S/C36H50Cl2N6O5SSi/c1-36(2,3)51(5,6)48-14-9-41-50(46)15-12-44(13-16-50)35-39-23-31(24-40-35)49-33-18-27(17-32(42-33)28-20-29(37)22-30(38)21-28)25-43-10-7-26(8-11-43)19-34(45)47-4/h17-18,20-24,26H,7-16,19,25H2,1-6H3. The van der Waals surface area contributed by atoms with Gasteiger partial charge in [-0.05, 0) is 79.8 Å². The number of methoxy groups -OCH3 is 1. The molecular formula is C36H50Cl2N6O5SSi. The van der Waals surface area contributed by atoms with Gasteiger partial charge in [0, 0.05) is 59.2 Å². The summed E-state index contributed by atoms with van der Waals surface area (Å²) in [6.07, 6.45) is 5.58. The molecule has 0 radical (unpaired) electrons. The Labute approximate surface area is 313 Å². The number of hydrogen-bond donors (Lipinski definition) is 0. The summed E-state index contributed by atoms with van der Waals surface area (Å²) in [6, 6.07) is 9.29. The Morgan fingerprint density at radius 3 is 2.25 bits per heavy atom. The van der Waals surface area contributed by atoms with E-state index in [2.05, 4.69) is 53.1 Å². The molecule has 15 heteroatoms. The lowest BCUT2D eigenvalue weighted by molar-refractivity contribution is -0.142. The summed E-state index contributed by atoms with van der Waals surface area (Å²) in [7, 11) is -2.72. The number of nitrogens with zero attached hydrogens (tertiary/aromatic N) is 6. The Morgan fingerprint density at radius 2 is 1.65 bits per heavy atom. The minimum atomic E-state index is -2.30. The quantitative estimate of drug-likeness (QED) is 0.103. The SMILES string of the molecule is COC(=O)CC1CCN(Cc2cc(Oc3cnc(N4CCS(=O)(=NCCO[Si](C)(C)C(C)(C)C)CC4)nc3)nc(-c3cc(Cl)cc(Cl)c3)c2)CC1. The van der Waals surface area contributed by atoms with Crippen LogP contribution in [0.3, 0.4) is 0 Å². The number of pyridine rings is 1. The molecule has 1 aromatic carbocycles. The molecule has 0 N–H and O–H groups in total. The molecule has 0 saturated carbocycles. The van der Waals surface area contributed by atoms with Crippen LogP contribution < -0.4 is 9.64 Å². The zero-order valence-corrected chi connectivity index (χ0v) is 33.8. The second kappa shape index (κ2) is 16.9. The zero-order chi connectivity index (χ0) is 36.8. The molecule has 0 bridgehead atoms. The molecule has 2 aliphatic rings. The van der Waals surface area contributed by atoms with Crippen LogP contribution in [-0.4, -0.2) is 96.3 Å². The van der Waals surface area contributed by atoms with E-state index < -0.39 is 18.0 Å². The zero-order valence-electron chi connectivity index (χ0n) is 30.5. The Bertz CT molecular complexity index is 1760. The fraction of sp³-hybridized carbons (Fsp3) is 0.556. The van der Waals surface area contributed by atoms with Gasteiger partial charge in [0.1, 0.15) is 0 Å². The first-order valence-electron chi connectivity index (χ1n) is 17.4. The summed E-state index contributed by atoms with van der Waals surface area (Å²) in [6.45, 7) is 15.6. The third kappa shape index (κ3) is 11.1. The Kier molecular flexibility index (Phi) is 13.1. The van der Waals surface area contributed by atoms with Gasteiger partial charge in [-0.15, -0.1) is 0 Å². The molecule has 0 aliphatic carbocycles. The number of ether oxygens (including phenoxy) is 2. The van der Waals surface area contributed by atoms with Crippen LogP contribution in [0, 0.1) is 5.92 Å². The van der Waals surface area contributed by atoms with Gasteiger partial charge in [0.25, 0.3) is 0 Å². The van der Waals surface area contributed by atoms with Crippen molar-refractivity contribution in [2.75, 3.05) is 62.8 Å². The van der Waals surface area contributed by atoms with Gasteiger partial charge in [0.05, 0.1) is 48.1 Å². The van der Waals surface area contributed by atoms with Gasteiger partial charge in [0.2, 0.25) is 11.8 Å². The summed E-state index contributed by atoms with van der Waals surface area (Å²) in [5, 5.41) is 1.16. The van der Waals surface area contributed by atoms with Gasteiger partial charge < -0.3 is 18.8 Å². The first kappa shape index (κ1) is 39.4. The third-order valence-corrected chi connectivity index (χ3v) is 17.3. The molecule has 2 fully saturated rings. The van der Waals surface area contributed by atoms with Crippen LogP contribution in [0.25, 0.3) is 11.3 Å². The summed E-state index contributed by atoms with van der Waals surface area (Å²) in [5.41, 5.74) is 2.47. The average molecular weight is 778 g/mol. The molecule has 2 aromatic heterocycles. The van der Waals surface area contributed by atoms with E-state index in [1.54, 1.807) is 18.5 Å². The monoisotopic (exact) mass is 776 g/mol. The highest BCUT2D eigenvalue weighted by atomic mass is 35.5. The van der Waals surface area contributed by atoms with Crippen LogP contribution in [0.1, 0.15) is 45.6 Å². The minimum Gasteiger partial charge on any atom is -0.469 e. The van der Waals surface area contributed by atoms with Gasteiger partial charge in [-0.2, -0.15) is 0 Å². The van der Waals surface area contributed by atoms with E-state index in [0.29, 0.717) is 89.9 Å². The lowest BCUT2D eigenvalue weighted by Gasteiger charge is -2.36. The van der Waals surface area contributed by atoms with Crippen molar-refractivity contribution < 1.29 is 22.9 Å². The van der Waals surface area contributed by atoms with Crippen LogP contribution in [0.15, 0.2) is 47.1 Å². The van der Waals surface area contributed by atoms with Crippen LogP contribution in [0.5, 0.6) is 11.6 Å². The van der Waals surface area contributed by atoms with Crippen molar-refractivity contribution >= 4 is 53.2 Å². The van der Waals surface area contributed by atoms with Crippen molar-refractivity contribution in [1.82, 2.24) is 19.9 Å². The van der Waals surface area contributed by atoms with E-state index in [0.717, 1.165) is 37.1 Å². The van der Waals surface area contributed by atoms with E-state index in [1.807, 2.05) is 29.2 Å². The van der Waals surface area contributed by atoms with E-state index in [9.17, 15) is 9.00 Å². The first-order valence-corrected chi connectivity index (χ1v) is 23.0. The molecule has 4 heterocycles. The molecule has 2 aliphatic heterocycles. The average Bonchev–Trinajstić information content (AvgIpc) is 3.07. The summed E-state index contributed by atoms with van der Waals surface area (Å²) in [4.78, 5) is 30.1. The van der Waals surface area contributed by atoms with Gasteiger partial charge in [-0.1, -0.05) is 44.0 Å². The fourth-order valence-electron chi connectivity index (χ4n) is 5.89.